The lowest BCUT2D eigenvalue weighted by atomic mass is 10.1. The SMILES string of the molecule is CCC(O)Cc1cc(=O)c2c(C)cc(O)cc2o1. The number of aryl methyl sites for hydroxylation is 1. The van der Waals surface area contributed by atoms with Crippen LogP contribution in [0, 0.1) is 6.92 Å². The molecule has 1 atom stereocenters. The normalized spacial score (nSPS) is 12.8. The van der Waals surface area contributed by atoms with E-state index in [1.165, 1.54) is 18.2 Å². The Labute approximate surface area is 104 Å². The van der Waals surface area contributed by atoms with Gasteiger partial charge in [-0.2, -0.15) is 0 Å². The van der Waals surface area contributed by atoms with Crippen molar-refractivity contribution in [2.24, 2.45) is 0 Å². The van der Waals surface area contributed by atoms with Gasteiger partial charge in [0.25, 0.3) is 0 Å². The van der Waals surface area contributed by atoms with E-state index >= 15 is 0 Å². The first-order valence-corrected chi connectivity index (χ1v) is 5.95. The average molecular weight is 248 g/mol. The van der Waals surface area contributed by atoms with E-state index in [9.17, 15) is 15.0 Å². The maximum Gasteiger partial charge on any atom is 0.193 e. The number of phenols is 1. The van der Waals surface area contributed by atoms with Crippen LogP contribution in [0.25, 0.3) is 11.0 Å². The van der Waals surface area contributed by atoms with Crippen molar-refractivity contribution in [1.82, 2.24) is 0 Å². The van der Waals surface area contributed by atoms with Crippen molar-refractivity contribution in [1.29, 1.82) is 0 Å². The van der Waals surface area contributed by atoms with Crippen LogP contribution in [0.1, 0.15) is 24.7 Å². The first-order chi connectivity index (χ1) is 8.51. The van der Waals surface area contributed by atoms with Crippen LogP contribution in [-0.2, 0) is 6.42 Å². The van der Waals surface area contributed by atoms with Crippen molar-refractivity contribution < 1.29 is 14.6 Å². The number of aliphatic hydroxyl groups excluding tert-OH is 1. The summed E-state index contributed by atoms with van der Waals surface area (Å²) in [6.45, 7) is 3.61. The second kappa shape index (κ2) is 4.82. The number of phenolic OH excluding ortho intramolecular Hbond substituents is 1. The molecule has 1 unspecified atom stereocenters. The molecule has 1 aromatic carbocycles. The van der Waals surface area contributed by atoms with Gasteiger partial charge in [0, 0.05) is 18.6 Å². The summed E-state index contributed by atoms with van der Waals surface area (Å²) < 4.78 is 5.56. The molecule has 0 aliphatic heterocycles. The van der Waals surface area contributed by atoms with Crippen molar-refractivity contribution in [2.75, 3.05) is 0 Å². The summed E-state index contributed by atoms with van der Waals surface area (Å²) in [5.41, 5.74) is 0.895. The highest BCUT2D eigenvalue weighted by Gasteiger charge is 2.11. The van der Waals surface area contributed by atoms with E-state index in [0.29, 0.717) is 35.1 Å². The maximum atomic E-state index is 12.0. The molecule has 0 saturated carbocycles. The number of hydrogen-bond acceptors (Lipinski definition) is 4. The molecular weight excluding hydrogens is 232 g/mol. The Morgan fingerprint density at radius 1 is 1.33 bits per heavy atom. The fraction of sp³-hybridized carbons (Fsp3) is 0.357. The molecule has 1 aromatic heterocycles. The topological polar surface area (TPSA) is 70.7 Å². The van der Waals surface area contributed by atoms with Crippen LogP contribution in [-0.4, -0.2) is 16.3 Å². The monoisotopic (exact) mass is 248 g/mol. The number of fused-ring (bicyclic) bond motifs is 1. The van der Waals surface area contributed by atoms with Gasteiger partial charge in [0.1, 0.15) is 17.1 Å². The zero-order chi connectivity index (χ0) is 13.3. The lowest BCUT2D eigenvalue weighted by Crippen LogP contribution is -2.11. The molecule has 0 saturated heterocycles. The molecule has 0 aliphatic carbocycles. The van der Waals surface area contributed by atoms with Gasteiger partial charge in [-0.05, 0) is 25.0 Å². The van der Waals surface area contributed by atoms with Gasteiger partial charge in [0.2, 0.25) is 0 Å². The molecule has 2 N–H and O–H groups in total. The summed E-state index contributed by atoms with van der Waals surface area (Å²) in [5, 5.41) is 19.6. The first kappa shape index (κ1) is 12.6. The lowest BCUT2D eigenvalue weighted by molar-refractivity contribution is 0.163. The quantitative estimate of drug-likeness (QED) is 0.872. The first-order valence-electron chi connectivity index (χ1n) is 5.95. The largest absolute Gasteiger partial charge is 0.508 e. The molecule has 0 spiro atoms. The van der Waals surface area contributed by atoms with E-state index in [4.69, 9.17) is 4.42 Å². The predicted octanol–water partition coefficient (Wildman–Crippen LogP) is 2.12. The molecule has 0 radical (unpaired) electrons. The second-order valence-corrected chi connectivity index (χ2v) is 4.48. The number of aliphatic hydroxyl groups is 1. The molecule has 0 bridgehead atoms. The highest BCUT2D eigenvalue weighted by atomic mass is 16.3. The highest BCUT2D eigenvalue weighted by molar-refractivity contribution is 5.81. The zero-order valence-corrected chi connectivity index (χ0v) is 10.4. The Hall–Kier alpha value is -1.81. The number of hydrogen-bond donors (Lipinski definition) is 2. The molecule has 0 aliphatic rings. The number of aromatic hydroxyl groups is 1. The molecule has 4 nitrogen and oxygen atoms in total. The van der Waals surface area contributed by atoms with Crippen LogP contribution in [0.3, 0.4) is 0 Å². The smallest absolute Gasteiger partial charge is 0.193 e. The second-order valence-electron chi connectivity index (χ2n) is 4.48. The molecule has 0 amide bonds. The molecule has 2 rings (SSSR count). The third-order valence-corrected chi connectivity index (χ3v) is 2.97. The molecule has 0 fully saturated rings. The van der Waals surface area contributed by atoms with Gasteiger partial charge < -0.3 is 14.6 Å². The van der Waals surface area contributed by atoms with E-state index in [2.05, 4.69) is 0 Å². The number of rotatable bonds is 3. The van der Waals surface area contributed by atoms with E-state index in [1.54, 1.807) is 6.92 Å². The molecule has 18 heavy (non-hydrogen) atoms. The van der Waals surface area contributed by atoms with Crippen molar-refractivity contribution in [3.05, 3.63) is 39.7 Å². The Morgan fingerprint density at radius 2 is 2.06 bits per heavy atom. The van der Waals surface area contributed by atoms with Crippen LogP contribution in [0.4, 0.5) is 0 Å². The van der Waals surface area contributed by atoms with Gasteiger partial charge in [-0.15, -0.1) is 0 Å². The third-order valence-electron chi connectivity index (χ3n) is 2.97. The fourth-order valence-corrected chi connectivity index (χ4v) is 2.00. The van der Waals surface area contributed by atoms with Gasteiger partial charge in [-0.25, -0.2) is 0 Å². The number of benzene rings is 1. The standard InChI is InChI=1S/C14H16O4/c1-3-9(15)5-11-7-12(17)14-8(2)4-10(16)6-13(14)18-11/h4,6-7,9,15-16H,3,5H2,1-2H3. The minimum atomic E-state index is -0.524. The van der Waals surface area contributed by atoms with Crippen LogP contribution < -0.4 is 5.43 Å². The maximum absolute atomic E-state index is 12.0. The summed E-state index contributed by atoms with van der Waals surface area (Å²) in [5.74, 6) is 0.503. The van der Waals surface area contributed by atoms with Gasteiger partial charge in [0.15, 0.2) is 5.43 Å². The van der Waals surface area contributed by atoms with Gasteiger partial charge in [-0.1, -0.05) is 6.92 Å². The third kappa shape index (κ3) is 2.38. The summed E-state index contributed by atoms with van der Waals surface area (Å²) >= 11 is 0. The van der Waals surface area contributed by atoms with Crippen molar-refractivity contribution in [3.63, 3.8) is 0 Å². The molecule has 96 valence electrons. The zero-order valence-electron chi connectivity index (χ0n) is 10.4. The summed E-state index contributed by atoms with van der Waals surface area (Å²) in [6, 6.07) is 4.36. The Bertz CT molecular complexity index is 627. The molecule has 4 heteroatoms. The minimum Gasteiger partial charge on any atom is -0.508 e. The summed E-state index contributed by atoms with van der Waals surface area (Å²) in [7, 11) is 0. The summed E-state index contributed by atoms with van der Waals surface area (Å²) in [6.07, 6.45) is 0.376. The van der Waals surface area contributed by atoms with Crippen LogP contribution >= 0.6 is 0 Å². The molecule has 1 heterocycles. The van der Waals surface area contributed by atoms with Crippen LogP contribution in [0.5, 0.6) is 5.75 Å². The Morgan fingerprint density at radius 3 is 2.72 bits per heavy atom. The van der Waals surface area contributed by atoms with Crippen molar-refractivity contribution in [2.45, 2.75) is 32.8 Å². The minimum absolute atomic E-state index is 0.0661. The molecule has 2 aromatic rings. The lowest BCUT2D eigenvalue weighted by Gasteiger charge is -2.08. The van der Waals surface area contributed by atoms with Gasteiger partial charge in [-0.3, -0.25) is 4.79 Å². The predicted molar refractivity (Wildman–Crippen MR) is 68.9 cm³/mol. The fourth-order valence-electron chi connectivity index (χ4n) is 2.00. The van der Waals surface area contributed by atoms with Gasteiger partial charge in [0.05, 0.1) is 11.5 Å². The van der Waals surface area contributed by atoms with Crippen LogP contribution in [0.15, 0.2) is 27.4 Å². The summed E-state index contributed by atoms with van der Waals surface area (Å²) in [4.78, 5) is 12.0. The van der Waals surface area contributed by atoms with E-state index in [-0.39, 0.29) is 11.2 Å². The van der Waals surface area contributed by atoms with E-state index in [0.717, 1.165) is 0 Å². The Kier molecular flexibility index (Phi) is 3.39. The van der Waals surface area contributed by atoms with Crippen LogP contribution in [0.2, 0.25) is 0 Å². The molecular formula is C14H16O4. The van der Waals surface area contributed by atoms with Crippen molar-refractivity contribution in [3.8, 4) is 5.75 Å². The van der Waals surface area contributed by atoms with E-state index < -0.39 is 6.10 Å². The Balaban J connectivity index is 2.58. The highest BCUT2D eigenvalue weighted by Crippen LogP contribution is 2.23. The van der Waals surface area contributed by atoms with Crippen molar-refractivity contribution >= 4 is 11.0 Å². The average Bonchev–Trinajstić information content (AvgIpc) is 2.26. The van der Waals surface area contributed by atoms with E-state index in [1.807, 2.05) is 6.92 Å². The van der Waals surface area contributed by atoms with Gasteiger partial charge >= 0.3 is 0 Å².